The van der Waals surface area contributed by atoms with Gasteiger partial charge in [0.05, 0.1) is 5.92 Å². The van der Waals surface area contributed by atoms with Crippen LogP contribution in [0.1, 0.15) is 38.7 Å². The maximum atomic E-state index is 12.3. The van der Waals surface area contributed by atoms with Gasteiger partial charge in [-0.25, -0.2) is 4.79 Å². The Bertz CT molecular complexity index is 535. The molecule has 1 aliphatic rings. The molecule has 1 amide bonds. The van der Waals surface area contributed by atoms with E-state index >= 15 is 0 Å². The summed E-state index contributed by atoms with van der Waals surface area (Å²) in [6.45, 7) is 6.10. The van der Waals surface area contributed by atoms with Gasteiger partial charge in [0.1, 0.15) is 5.60 Å². The lowest BCUT2D eigenvalue weighted by Crippen LogP contribution is -2.47. The summed E-state index contributed by atoms with van der Waals surface area (Å²) in [6.07, 6.45) is 0.0953. The molecule has 1 aromatic rings. The summed E-state index contributed by atoms with van der Waals surface area (Å²) < 4.78 is 5.38. The van der Waals surface area contributed by atoms with Crippen LogP contribution < -0.4 is 0 Å². The summed E-state index contributed by atoms with van der Waals surface area (Å²) in [5, 5.41) is 9.36. The molecule has 0 aliphatic carbocycles. The van der Waals surface area contributed by atoms with Crippen LogP contribution in [0.15, 0.2) is 30.3 Å². The number of carboxylic acids is 1. The highest BCUT2D eigenvalue weighted by Gasteiger charge is 2.36. The zero-order chi connectivity index (χ0) is 16.3. The Morgan fingerprint density at radius 3 is 2.36 bits per heavy atom. The summed E-state index contributed by atoms with van der Waals surface area (Å²) in [4.78, 5) is 25.2. The van der Waals surface area contributed by atoms with E-state index in [0.29, 0.717) is 13.0 Å². The second-order valence-electron chi connectivity index (χ2n) is 6.76. The number of ether oxygens (including phenoxy) is 1. The molecule has 1 aromatic carbocycles. The fraction of sp³-hybridized carbons (Fsp3) is 0.529. The molecule has 0 unspecified atom stereocenters. The molecule has 0 bridgehead atoms. The van der Waals surface area contributed by atoms with Crippen molar-refractivity contribution >= 4 is 12.1 Å². The van der Waals surface area contributed by atoms with Crippen molar-refractivity contribution in [3.05, 3.63) is 35.9 Å². The van der Waals surface area contributed by atoms with Crippen LogP contribution in [-0.2, 0) is 9.53 Å². The first-order valence-electron chi connectivity index (χ1n) is 7.52. The van der Waals surface area contributed by atoms with E-state index in [1.165, 1.54) is 4.90 Å². The number of aliphatic carboxylic acids is 1. The highest BCUT2D eigenvalue weighted by Crippen LogP contribution is 2.31. The molecule has 1 N–H and O–H groups in total. The molecule has 1 fully saturated rings. The van der Waals surface area contributed by atoms with Crippen molar-refractivity contribution in [3.63, 3.8) is 0 Å². The van der Waals surface area contributed by atoms with Crippen LogP contribution in [0.25, 0.3) is 0 Å². The van der Waals surface area contributed by atoms with Gasteiger partial charge >= 0.3 is 12.1 Å². The Labute approximate surface area is 130 Å². The predicted octanol–water partition coefficient (Wildman–Crippen LogP) is 3.11. The number of amides is 1. The Balaban J connectivity index is 2.17. The average Bonchev–Trinajstić information content (AvgIpc) is 2.46. The second-order valence-corrected chi connectivity index (χ2v) is 6.76. The van der Waals surface area contributed by atoms with E-state index in [-0.39, 0.29) is 12.5 Å². The van der Waals surface area contributed by atoms with Crippen LogP contribution in [0.5, 0.6) is 0 Å². The SMILES string of the molecule is CC(C)(C)OC(=O)N1C[C@@H](C(=O)O)C[C@H](c2ccccc2)C1. The van der Waals surface area contributed by atoms with Crippen molar-refractivity contribution in [2.24, 2.45) is 5.92 Å². The van der Waals surface area contributed by atoms with Crippen LogP contribution >= 0.6 is 0 Å². The Kier molecular flexibility index (Phi) is 4.74. The Morgan fingerprint density at radius 2 is 1.82 bits per heavy atom. The van der Waals surface area contributed by atoms with Crippen LogP contribution in [0.3, 0.4) is 0 Å². The smallest absolute Gasteiger partial charge is 0.410 e. The van der Waals surface area contributed by atoms with E-state index in [2.05, 4.69) is 0 Å². The van der Waals surface area contributed by atoms with Crippen molar-refractivity contribution < 1.29 is 19.4 Å². The van der Waals surface area contributed by atoms with E-state index in [1.807, 2.05) is 30.3 Å². The van der Waals surface area contributed by atoms with Crippen LogP contribution in [0.4, 0.5) is 4.79 Å². The zero-order valence-electron chi connectivity index (χ0n) is 13.3. The average molecular weight is 305 g/mol. The molecule has 0 aromatic heterocycles. The number of likely N-dealkylation sites (tertiary alicyclic amines) is 1. The molecule has 1 heterocycles. The molecule has 5 heteroatoms. The molecule has 2 atom stereocenters. The van der Waals surface area contributed by atoms with Crippen molar-refractivity contribution in [2.45, 2.75) is 38.7 Å². The summed E-state index contributed by atoms with van der Waals surface area (Å²) in [5.74, 6) is -1.41. The number of hydrogen-bond donors (Lipinski definition) is 1. The summed E-state index contributed by atoms with van der Waals surface area (Å²) >= 11 is 0. The number of carbonyl (C=O) groups excluding carboxylic acids is 1. The maximum absolute atomic E-state index is 12.3. The van der Waals surface area contributed by atoms with E-state index in [9.17, 15) is 14.7 Å². The Hall–Kier alpha value is -2.04. The number of hydrogen-bond acceptors (Lipinski definition) is 3. The van der Waals surface area contributed by atoms with Crippen LogP contribution in [-0.4, -0.2) is 40.8 Å². The lowest BCUT2D eigenvalue weighted by atomic mass is 9.85. The minimum absolute atomic E-state index is 0.0172. The molecule has 120 valence electrons. The van der Waals surface area contributed by atoms with E-state index in [1.54, 1.807) is 20.8 Å². The number of nitrogens with zero attached hydrogens (tertiary/aromatic N) is 1. The molecule has 0 radical (unpaired) electrons. The van der Waals surface area contributed by atoms with Gasteiger partial charge in [-0.2, -0.15) is 0 Å². The third-order valence-electron chi connectivity index (χ3n) is 3.72. The lowest BCUT2D eigenvalue weighted by molar-refractivity contribution is -0.143. The van der Waals surface area contributed by atoms with Gasteiger partial charge < -0.3 is 14.7 Å². The first-order chi connectivity index (χ1) is 10.3. The first-order valence-corrected chi connectivity index (χ1v) is 7.52. The van der Waals surface area contributed by atoms with Crippen molar-refractivity contribution in [1.82, 2.24) is 4.90 Å². The third-order valence-corrected chi connectivity index (χ3v) is 3.72. The number of carboxylic acid groups (broad SMARTS) is 1. The van der Waals surface area contributed by atoms with Gasteiger partial charge in [-0.3, -0.25) is 4.79 Å². The number of piperidine rings is 1. The van der Waals surface area contributed by atoms with Crippen LogP contribution in [0.2, 0.25) is 0 Å². The standard InChI is InChI=1S/C17H23NO4/c1-17(2,3)22-16(21)18-10-13(9-14(11-18)15(19)20)12-7-5-4-6-8-12/h4-8,13-14H,9-11H2,1-3H3,(H,19,20)/t13-,14-/m0/s1. The lowest BCUT2D eigenvalue weighted by Gasteiger charge is -2.37. The fourth-order valence-electron chi connectivity index (χ4n) is 2.72. The summed E-state index contributed by atoms with van der Waals surface area (Å²) in [6, 6.07) is 9.73. The molecule has 1 aliphatic heterocycles. The normalized spacial score (nSPS) is 22.2. The minimum Gasteiger partial charge on any atom is -0.481 e. The van der Waals surface area contributed by atoms with Gasteiger partial charge in [0.2, 0.25) is 0 Å². The zero-order valence-corrected chi connectivity index (χ0v) is 13.3. The van der Waals surface area contributed by atoms with E-state index in [0.717, 1.165) is 5.56 Å². The van der Waals surface area contributed by atoms with E-state index in [4.69, 9.17) is 4.74 Å². The fourth-order valence-corrected chi connectivity index (χ4v) is 2.72. The van der Waals surface area contributed by atoms with Crippen molar-refractivity contribution in [3.8, 4) is 0 Å². The van der Waals surface area contributed by atoms with Gasteiger partial charge in [-0.05, 0) is 32.8 Å². The van der Waals surface area contributed by atoms with Gasteiger partial charge in [0.15, 0.2) is 0 Å². The summed E-state index contributed by atoms with van der Waals surface area (Å²) in [5.41, 5.74) is 0.470. The molecular weight excluding hydrogens is 282 g/mol. The summed E-state index contributed by atoms with van der Waals surface area (Å²) in [7, 11) is 0. The molecule has 5 nitrogen and oxygen atoms in total. The van der Waals surface area contributed by atoms with E-state index < -0.39 is 23.6 Å². The molecular formula is C17H23NO4. The van der Waals surface area contributed by atoms with Crippen molar-refractivity contribution in [2.75, 3.05) is 13.1 Å². The quantitative estimate of drug-likeness (QED) is 0.911. The highest BCUT2D eigenvalue weighted by atomic mass is 16.6. The Morgan fingerprint density at radius 1 is 1.18 bits per heavy atom. The molecule has 2 rings (SSSR count). The van der Waals surface area contributed by atoms with Crippen molar-refractivity contribution in [1.29, 1.82) is 0 Å². The predicted molar refractivity (Wildman–Crippen MR) is 82.7 cm³/mol. The largest absolute Gasteiger partial charge is 0.481 e. The second kappa shape index (κ2) is 6.38. The van der Waals surface area contributed by atoms with Gasteiger partial charge in [-0.15, -0.1) is 0 Å². The third kappa shape index (κ3) is 4.23. The van der Waals surface area contributed by atoms with Gasteiger partial charge in [0.25, 0.3) is 0 Å². The maximum Gasteiger partial charge on any atom is 0.410 e. The number of rotatable bonds is 2. The number of carbonyl (C=O) groups is 2. The first kappa shape index (κ1) is 16.3. The monoisotopic (exact) mass is 305 g/mol. The molecule has 0 saturated carbocycles. The highest BCUT2D eigenvalue weighted by molar-refractivity contribution is 5.73. The number of benzene rings is 1. The molecule has 22 heavy (non-hydrogen) atoms. The molecule has 1 saturated heterocycles. The van der Waals surface area contributed by atoms with Gasteiger partial charge in [0, 0.05) is 19.0 Å². The van der Waals surface area contributed by atoms with Gasteiger partial charge in [-0.1, -0.05) is 30.3 Å². The minimum atomic E-state index is -0.866. The topological polar surface area (TPSA) is 66.8 Å². The van der Waals surface area contributed by atoms with Crippen LogP contribution in [0, 0.1) is 5.92 Å². The molecule has 0 spiro atoms.